The highest BCUT2D eigenvalue weighted by Crippen LogP contribution is 2.39. The van der Waals surface area contributed by atoms with Crippen LogP contribution in [0.3, 0.4) is 0 Å². The lowest BCUT2D eigenvalue weighted by molar-refractivity contribution is -0.140. The van der Waals surface area contributed by atoms with Gasteiger partial charge in [-0.15, -0.1) is 0 Å². The number of amides is 1. The van der Waals surface area contributed by atoms with Gasteiger partial charge in [0, 0.05) is 60.9 Å². The third-order valence-electron chi connectivity index (χ3n) is 8.59. The molecule has 1 saturated heterocycles. The zero-order chi connectivity index (χ0) is 31.7. The van der Waals surface area contributed by atoms with E-state index in [0.717, 1.165) is 48.3 Å². The number of rotatable bonds is 8. The Hall–Kier alpha value is -4.38. The van der Waals surface area contributed by atoms with Crippen LogP contribution in [0.5, 0.6) is 0 Å². The fourth-order valence-electron chi connectivity index (χ4n) is 6.37. The van der Waals surface area contributed by atoms with Crippen LogP contribution in [0.2, 0.25) is 0 Å². The number of piperidine rings is 1. The number of likely N-dealkylation sites (tertiary alicyclic amines) is 1. The summed E-state index contributed by atoms with van der Waals surface area (Å²) >= 11 is 0. The van der Waals surface area contributed by atoms with E-state index in [1.54, 1.807) is 25.4 Å². The molecule has 0 radical (unpaired) electrons. The molecule has 0 aliphatic carbocycles. The number of halogens is 4. The first-order chi connectivity index (χ1) is 21.6. The quantitative estimate of drug-likeness (QED) is 0.223. The minimum atomic E-state index is -4.87. The van der Waals surface area contributed by atoms with E-state index in [2.05, 4.69) is 20.3 Å². The van der Waals surface area contributed by atoms with E-state index in [0.29, 0.717) is 42.3 Å². The number of allylic oxidation sites excluding steroid dienone is 2. The molecule has 6 rings (SSSR count). The number of ketones is 1. The summed E-state index contributed by atoms with van der Waals surface area (Å²) in [5.74, 6) is -1.62. The number of nitrogens with one attached hydrogen (secondary N) is 1. The molecule has 2 aromatic carbocycles. The maximum absolute atomic E-state index is 14.9. The smallest absolute Gasteiger partial charge is 0.309 e. The number of anilines is 1. The molecule has 1 fully saturated rings. The Bertz CT molecular complexity index is 1790. The molecule has 7 nitrogen and oxygen atoms in total. The number of alkyl halides is 3. The third-order valence-corrected chi connectivity index (χ3v) is 8.59. The van der Waals surface area contributed by atoms with E-state index in [-0.39, 0.29) is 29.5 Å². The second-order valence-corrected chi connectivity index (χ2v) is 11.8. The van der Waals surface area contributed by atoms with E-state index >= 15 is 0 Å². The number of Topliss-reactive ketones (excluding diaryl/α,β-unsaturated/α-hetero) is 1. The number of aromatic nitrogens is 3. The van der Waals surface area contributed by atoms with Crippen LogP contribution < -0.4 is 5.32 Å². The largest absolute Gasteiger partial charge is 0.419 e. The Balaban J connectivity index is 1.31. The van der Waals surface area contributed by atoms with Gasteiger partial charge in [-0.25, -0.2) is 4.39 Å². The summed E-state index contributed by atoms with van der Waals surface area (Å²) in [6.45, 7) is 4.36. The first-order valence-electron chi connectivity index (χ1n) is 15.1. The van der Waals surface area contributed by atoms with Crippen molar-refractivity contribution < 1.29 is 27.2 Å². The molecule has 2 aliphatic rings. The molecule has 234 valence electrons. The van der Waals surface area contributed by atoms with Gasteiger partial charge < -0.3 is 10.2 Å². The normalized spacial score (nSPS) is 17.4. The number of benzene rings is 2. The van der Waals surface area contributed by atoms with Gasteiger partial charge in [-0.2, -0.15) is 18.3 Å². The highest BCUT2D eigenvalue weighted by molar-refractivity contribution is 6.00. The molecule has 1 unspecified atom stereocenters. The Morgan fingerprint density at radius 3 is 2.56 bits per heavy atom. The minimum Gasteiger partial charge on any atom is -0.309 e. The van der Waals surface area contributed by atoms with E-state index in [4.69, 9.17) is 0 Å². The van der Waals surface area contributed by atoms with Crippen LogP contribution >= 0.6 is 0 Å². The average molecular weight is 620 g/mol. The number of fused-ring (bicyclic) bond motifs is 2. The van der Waals surface area contributed by atoms with Crippen LogP contribution in [0, 0.1) is 5.82 Å². The molecule has 45 heavy (non-hydrogen) atoms. The summed E-state index contributed by atoms with van der Waals surface area (Å²) in [5, 5.41) is 9.27. The first kappa shape index (κ1) is 30.6. The van der Waals surface area contributed by atoms with Gasteiger partial charge >= 0.3 is 6.18 Å². The first-order valence-corrected chi connectivity index (χ1v) is 15.1. The summed E-state index contributed by atoms with van der Waals surface area (Å²) in [4.78, 5) is 33.2. The van der Waals surface area contributed by atoms with Crippen molar-refractivity contribution in [2.75, 3.05) is 25.0 Å². The number of hydrogen-bond donors (Lipinski definition) is 1. The molecule has 0 saturated carbocycles. The second kappa shape index (κ2) is 12.5. The van der Waals surface area contributed by atoms with Crippen LogP contribution in [0.1, 0.15) is 61.0 Å². The summed E-state index contributed by atoms with van der Waals surface area (Å²) in [5.41, 5.74) is 1.21. The van der Waals surface area contributed by atoms with Crippen molar-refractivity contribution in [2.45, 2.75) is 57.7 Å². The molecular formula is C34H33F4N5O2. The zero-order valence-electron chi connectivity index (χ0n) is 24.8. The fourth-order valence-corrected chi connectivity index (χ4v) is 6.37. The predicted octanol–water partition coefficient (Wildman–Crippen LogP) is 6.68. The van der Waals surface area contributed by atoms with Crippen LogP contribution in [-0.2, 0) is 28.6 Å². The van der Waals surface area contributed by atoms with Gasteiger partial charge in [-0.3, -0.25) is 19.3 Å². The standard InChI is InChI=1S/C34H33F4N5O2/c1-21-15-26-19-30(40-31(45)10-14-42-12-3-2-4-13-42)41-43(26)33(24-7-8-27(28(35)18-24)34(36,37)38)32(21)29(44)17-22-5-6-25-20-39-11-9-23(25)16-22/h5-9,11,16,18-20,33H,2-4,10,12-15,17H2,1H3,(H,40,41,45). The molecule has 2 aromatic heterocycles. The highest BCUT2D eigenvalue weighted by atomic mass is 19.4. The molecule has 2 aliphatic heterocycles. The third kappa shape index (κ3) is 6.68. The van der Waals surface area contributed by atoms with Gasteiger partial charge in [0.15, 0.2) is 11.6 Å². The molecule has 1 atom stereocenters. The second-order valence-electron chi connectivity index (χ2n) is 11.8. The Labute approximate surface area is 257 Å². The number of hydrogen-bond acceptors (Lipinski definition) is 5. The number of carbonyl (C=O) groups is 2. The molecule has 1 amide bonds. The SMILES string of the molecule is CC1=C(C(=O)Cc2ccc3cnccc3c2)C(c2ccc(C(F)(F)F)c(F)c2)n2nc(NC(=O)CCN3CCCCC3)cc2C1. The van der Waals surface area contributed by atoms with Crippen molar-refractivity contribution in [3.8, 4) is 0 Å². The van der Waals surface area contributed by atoms with Crippen molar-refractivity contribution in [3.05, 3.63) is 100 Å². The molecule has 4 heterocycles. The molecule has 11 heteroatoms. The molecular weight excluding hydrogens is 586 g/mol. The summed E-state index contributed by atoms with van der Waals surface area (Å²) in [6.07, 6.45) is 2.62. The van der Waals surface area contributed by atoms with E-state index in [1.807, 2.05) is 24.3 Å². The van der Waals surface area contributed by atoms with Gasteiger partial charge in [0.25, 0.3) is 0 Å². The van der Waals surface area contributed by atoms with Gasteiger partial charge in [0.1, 0.15) is 11.9 Å². The van der Waals surface area contributed by atoms with Crippen LogP contribution in [0.25, 0.3) is 10.8 Å². The average Bonchev–Trinajstić information content (AvgIpc) is 3.40. The molecule has 4 aromatic rings. The van der Waals surface area contributed by atoms with Crippen LogP contribution in [0.4, 0.5) is 23.4 Å². The Morgan fingerprint density at radius 1 is 1.00 bits per heavy atom. The van der Waals surface area contributed by atoms with Crippen molar-refractivity contribution in [2.24, 2.45) is 0 Å². The topological polar surface area (TPSA) is 80.1 Å². The maximum atomic E-state index is 14.9. The van der Waals surface area contributed by atoms with Gasteiger partial charge in [0.05, 0.1) is 5.56 Å². The number of carbonyl (C=O) groups excluding carboxylic acids is 2. The van der Waals surface area contributed by atoms with Crippen LogP contribution in [-0.4, -0.2) is 51.0 Å². The van der Waals surface area contributed by atoms with E-state index < -0.39 is 23.6 Å². The van der Waals surface area contributed by atoms with E-state index in [1.165, 1.54) is 17.2 Å². The van der Waals surface area contributed by atoms with E-state index in [9.17, 15) is 27.2 Å². The van der Waals surface area contributed by atoms with Gasteiger partial charge in [0.2, 0.25) is 5.91 Å². The lowest BCUT2D eigenvalue weighted by atomic mass is 9.85. The lowest BCUT2D eigenvalue weighted by Crippen LogP contribution is -2.32. The monoisotopic (exact) mass is 619 g/mol. The lowest BCUT2D eigenvalue weighted by Gasteiger charge is -2.29. The Kier molecular flexibility index (Phi) is 8.54. The van der Waals surface area contributed by atoms with Gasteiger partial charge in [-0.05, 0) is 67.6 Å². The van der Waals surface area contributed by atoms with Crippen molar-refractivity contribution in [3.63, 3.8) is 0 Å². The highest BCUT2D eigenvalue weighted by Gasteiger charge is 2.37. The van der Waals surface area contributed by atoms with Crippen molar-refractivity contribution >= 4 is 28.3 Å². The summed E-state index contributed by atoms with van der Waals surface area (Å²) in [6, 6.07) is 10.9. The fraction of sp³-hybridized carbons (Fsp3) is 0.353. The summed E-state index contributed by atoms with van der Waals surface area (Å²) in [7, 11) is 0. The molecule has 1 N–H and O–H groups in total. The van der Waals surface area contributed by atoms with Gasteiger partial charge in [-0.1, -0.05) is 36.3 Å². The molecule has 0 spiro atoms. The maximum Gasteiger partial charge on any atom is 0.419 e. The number of nitrogens with zero attached hydrogens (tertiary/aromatic N) is 4. The van der Waals surface area contributed by atoms with Crippen LogP contribution in [0.15, 0.2) is 72.1 Å². The minimum absolute atomic E-state index is 0.0290. The summed E-state index contributed by atoms with van der Waals surface area (Å²) < 4.78 is 56.7. The van der Waals surface area contributed by atoms with Crippen molar-refractivity contribution in [1.29, 1.82) is 0 Å². The van der Waals surface area contributed by atoms with Crippen molar-refractivity contribution in [1.82, 2.24) is 19.7 Å². The zero-order valence-corrected chi connectivity index (χ0v) is 24.8. The molecule has 0 bridgehead atoms. The Morgan fingerprint density at radius 2 is 1.80 bits per heavy atom. The predicted molar refractivity (Wildman–Crippen MR) is 162 cm³/mol. The number of pyridine rings is 1.